The molecule has 0 fully saturated rings. The molecular weight excluding hydrogens is 232 g/mol. The Morgan fingerprint density at radius 2 is 1.89 bits per heavy atom. The lowest BCUT2D eigenvalue weighted by atomic mass is 10.2. The Morgan fingerprint density at radius 3 is 2.50 bits per heavy atom. The molecule has 0 aliphatic rings. The predicted octanol–water partition coefficient (Wildman–Crippen LogP) is 2.60. The predicted molar refractivity (Wildman–Crippen MR) is 69.2 cm³/mol. The first-order chi connectivity index (χ1) is 8.72. The number of hydrogen-bond acceptors (Lipinski definition) is 4. The highest BCUT2D eigenvalue weighted by Gasteiger charge is 2.13. The molecule has 0 heterocycles. The standard InChI is InChI=1S/C14H16O4/c1-4-8-17-11-6-7-12(14(15)16-3)13(10-11)18-9-5-2/h4-7,10H,1-2,8-9H2,3H3. The molecule has 0 bridgehead atoms. The van der Waals surface area contributed by atoms with Gasteiger partial charge in [-0.3, -0.25) is 0 Å². The first-order valence-corrected chi connectivity index (χ1v) is 5.42. The van der Waals surface area contributed by atoms with Gasteiger partial charge < -0.3 is 14.2 Å². The second-order valence-corrected chi connectivity index (χ2v) is 3.35. The van der Waals surface area contributed by atoms with Crippen LogP contribution in [-0.2, 0) is 4.74 Å². The SMILES string of the molecule is C=CCOc1ccc(C(=O)OC)c(OCC=C)c1. The summed E-state index contributed by atoms with van der Waals surface area (Å²) in [5.74, 6) is 0.550. The highest BCUT2D eigenvalue weighted by atomic mass is 16.5. The summed E-state index contributed by atoms with van der Waals surface area (Å²) in [7, 11) is 1.32. The summed E-state index contributed by atoms with van der Waals surface area (Å²) in [5.41, 5.74) is 0.352. The number of benzene rings is 1. The van der Waals surface area contributed by atoms with Crippen molar-refractivity contribution in [1.29, 1.82) is 0 Å². The molecule has 1 aromatic rings. The second-order valence-electron chi connectivity index (χ2n) is 3.35. The zero-order chi connectivity index (χ0) is 13.4. The van der Waals surface area contributed by atoms with Crippen LogP contribution < -0.4 is 9.47 Å². The molecule has 96 valence electrons. The monoisotopic (exact) mass is 248 g/mol. The van der Waals surface area contributed by atoms with Crippen LogP contribution in [0.4, 0.5) is 0 Å². The molecule has 0 aliphatic carbocycles. The van der Waals surface area contributed by atoms with Gasteiger partial charge in [0.15, 0.2) is 0 Å². The topological polar surface area (TPSA) is 44.8 Å². The van der Waals surface area contributed by atoms with E-state index in [4.69, 9.17) is 9.47 Å². The Hall–Kier alpha value is -2.23. The highest BCUT2D eigenvalue weighted by Crippen LogP contribution is 2.25. The lowest BCUT2D eigenvalue weighted by Crippen LogP contribution is -2.06. The molecule has 1 rings (SSSR count). The smallest absolute Gasteiger partial charge is 0.341 e. The summed E-state index contributed by atoms with van der Waals surface area (Å²) in [5, 5.41) is 0. The number of carbonyl (C=O) groups is 1. The number of methoxy groups -OCH3 is 1. The summed E-state index contributed by atoms with van der Waals surface area (Å²) < 4.78 is 15.4. The summed E-state index contributed by atoms with van der Waals surface area (Å²) in [6, 6.07) is 4.92. The molecule has 0 spiro atoms. The van der Waals surface area contributed by atoms with Crippen molar-refractivity contribution in [3.05, 3.63) is 49.1 Å². The van der Waals surface area contributed by atoms with E-state index in [2.05, 4.69) is 17.9 Å². The van der Waals surface area contributed by atoms with Crippen LogP contribution in [0.25, 0.3) is 0 Å². The molecule has 18 heavy (non-hydrogen) atoms. The van der Waals surface area contributed by atoms with Gasteiger partial charge in [-0.15, -0.1) is 0 Å². The van der Waals surface area contributed by atoms with Crippen LogP contribution >= 0.6 is 0 Å². The van der Waals surface area contributed by atoms with Crippen molar-refractivity contribution in [2.24, 2.45) is 0 Å². The number of carbonyl (C=O) groups excluding carboxylic acids is 1. The first kappa shape index (κ1) is 13.8. The molecule has 1 aromatic carbocycles. The van der Waals surface area contributed by atoms with Crippen molar-refractivity contribution >= 4 is 5.97 Å². The van der Waals surface area contributed by atoms with Crippen LogP contribution in [0.5, 0.6) is 11.5 Å². The number of esters is 1. The van der Waals surface area contributed by atoms with Crippen LogP contribution in [0.1, 0.15) is 10.4 Å². The average molecular weight is 248 g/mol. The fraction of sp³-hybridized carbons (Fsp3) is 0.214. The van der Waals surface area contributed by atoms with E-state index in [0.717, 1.165) is 0 Å². The minimum atomic E-state index is -0.454. The van der Waals surface area contributed by atoms with Gasteiger partial charge in [0, 0.05) is 6.07 Å². The maximum Gasteiger partial charge on any atom is 0.341 e. The Morgan fingerprint density at radius 1 is 1.22 bits per heavy atom. The van der Waals surface area contributed by atoms with Crippen LogP contribution in [0.3, 0.4) is 0 Å². The third-order valence-corrected chi connectivity index (χ3v) is 2.08. The van der Waals surface area contributed by atoms with Crippen molar-refractivity contribution in [2.75, 3.05) is 20.3 Å². The number of rotatable bonds is 7. The summed E-state index contributed by atoms with van der Waals surface area (Å²) in [6.45, 7) is 7.81. The molecule has 4 heteroatoms. The van der Waals surface area contributed by atoms with Crippen molar-refractivity contribution in [2.45, 2.75) is 0 Å². The maximum atomic E-state index is 11.5. The van der Waals surface area contributed by atoms with Gasteiger partial charge in [-0.1, -0.05) is 25.3 Å². The fourth-order valence-corrected chi connectivity index (χ4v) is 1.29. The Balaban J connectivity index is 2.98. The van der Waals surface area contributed by atoms with Gasteiger partial charge in [-0.05, 0) is 12.1 Å². The van der Waals surface area contributed by atoms with Crippen LogP contribution in [0, 0.1) is 0 Å². The average Bonchev–Trinajstić information content (AvgIpc) is 2.42. The summed E-state index contributed by atoms with van der Waals surface area (Å²) in [4.78, 5) is 11.5. The zero-order valence-electron chi connectivity index (χ0n) is 10.3. The number of hydrogen-bond donors (Lipinski definition) is 0. The second kappa shape index (κ2) is 7.17. The van der Waals surface area contributed by atoms with Crippen LogP contribution in [-0.4, -0.2) is 26.3 Å². The quantitative estimate of drug-likeness (QED) is 0.549. The molecule has 4 nitrogen and oxygen atoms in total. The van der Waals surface area contributed by atoms with Gasteiger partial charge in [-0.25, -0.2) is 4.79 Å². The Labute approximate surface area is 106 Å². The molecule has 0 amide bonds. The van der Waals surface area contributed by atoms with Crippen LogP contribution in [0.2, 0.25) is 0 Å². The minimum Gasteiger partial charge on any atom is -0.489 e. The van der Waals surface area contributed by atoms with Gasteiger partial charge in [0.25, 0.3) is 0 Å². The molecule has 0 N–H and O–H groups in total. The van der Waals surface area contributed by atoms with E-state index in [-0.39, 0.29) is 0 Å². The maximum absolute atomic E-state index is 11.5. The van der Waals surface area contributed by atoms with E-state index >= 15 is 0 Å². The number of ether oxygens (including phenoxy) is 3. The summed E-state index contributed by atoms with van der Waals surface area (Å²) in [6.07, 6.45) is 3.23. The molecular formula is C14H16O4. The van der Waals surface area contributed by atoms with Gasteiger partial charge >= 0.3 is 5.97 Å². The van der Waals surface area contributed by atoms with Crippen molar-refractivity contribution < 1.29 is 19.0 Å². The third-order valence-electron chi connectivity index (χ3n) is 2.08. The molecule has 0 atom stereocenters. The normalized spacial score (nSPS) is 9.39. The lowest BCUT2D eigenvalue weighted by molar-refractivity contribution is 0.0596. The molecule has 0 unspecified atom stereocenters. The minimum absolute atomic E-state index is 0.301. The molecule has 0 aromatic heterocycles. The highest BCUT2D eigenvalue weighted by molar-refractivity contribution is 5.92. The van der Waals surface area contributed by atoms with E-state index in [0.29, 0.717) is 30.3 Å². The van der Waals surface area contributed by atoms with Crippen LogP contribution in [0.15, 0.2) is 43.5 Å². The largest absolute Gasteiger partial charge is 0.489 e. The Kier molecular flexibility index (Phi) is 5.51. The van der Waals surface area contributed by atoms with Gasteiger partial charge in [0.2, 0.25) is 0 Å². The first-order valence-electron chi connectivity index (χ1n) is 5.42. The lowest BCUT2D eigenvalue weighted by Gasteiger charge is -2.11. The molecule has 0 saturated heterocycles. The van der Waals surface area contributed by atoms with E-state index in [1.807, 2.05) is 0 Å². The molecule has 0 saturated carbocycles. The van der Waals surface area contributed by atoms with E-state index in [1.54, 1.807) is 30.4 Å². The molecule has 0 aliphatic heterocycles. The third kappa shape index (κ3) is 3.66. The van der Waals surface area contributed by atoms with Gasteiger partial charge in [0.1, 0.15) is 30.3 Å². The van der Waals surface area contributed by atoms with E-state index in [1.165, 1.54) is 7.11 Å². The van der Waals surface area contributed by atoms with Crippen molar-refractivity contribution in [3.63, 3.8) is 0 Å². The van der Waals surface area contributed by atoms with Crippen molar-refractivity contribution in [3.8, 4) is 11.5 Å². The van der Waals surface area contributed by atoms with Gasteiger partial charge in [0.05, 0.1) is 7.11 Å². The van der Waals surface area contributed by atoms with E-state index < -0.39 is 5.97 Å². The summed E-state index contributed by atoms with van der Waals surface area (Å²) >= 11 is 0. The molecule has 0 radical (unpaired) electrons. The van der Waals surface area contributed by atoms with Crippen molar-refractivity contribution in [1.82, 2.24) is 0 Å². The fourth-order valence-electron chi connectivity index (χ4n) is 1.29. The van der Waals surface area contributed by atoms with E-state index in [9.17, 15) is 4.79 Å². The zero-order valence-corrected chi connectivity index (χ0v) is 10.3. The Bertz CT molecular complexity index is 437. The van der Waals surface area contributed by atoms with Gasteiger partial charge in [-0.2, -0.15) is 0 Å².